The zero-order valence-electron chi connectivity index (χ0n) is 14.1. The molecule has 0 aliphatic rings. The molecule has 0 aliphatic carbocycles. The predicted molar refractivity (Wildman–Crippen MR) is 96.8 cm³/mol. The summed E-state index contributed by atoms with van der Waals surface area (Å²) >= 11 is 0. The number of aromatic nitrogens is 1. The SMILES string of the molecule is CC(=O)Nc1ccc(-n2c(CC(=O)O)ccc2-c2ccc(F)cc2)cc1. The second kappa shape index (κ2) is 7.23. The van der Waals surface area contributed by atoms with Crippen LogP contribution in [-0.2, 0) is 16.0 Å². The van der Waals surface area contributed by atoms with Crippen LogP contribution in [0, 0.1) is 5.82 Å². The van der Waals surface area contributed by atoms with Gasteiger partial charge in [0.2, 0.25) is 5.91 Å². The van der Waals surface area contributed by atoms with Crippen molar-refractivity contribution in [1.82, 2.24) is 4.57 Å². The fourth-order valence-electron chi connectivity index (χ4n) is 2.82. The molecule has 1 aromatic heterocycles. The standard InChI is InChI=1S/C20H17FN2O3/c1-13(24)22-16-6-8-17(9-7-16)23-18(12-20(25)26)10-11-19(23)14-2-4-15(21)5-3-14/h2-11H,12H2,1H3,(H,22,24)(H,25,26). The number of nitrogens with zero attached hydrogens (tertiary/aromatic N) is 1. The third-order valence-electron chi connectivity index (χ3n) is 3.88. The number of aliphatic carboxylic acids is 1. The van der Waals surface area contributed by atoms with E-state index in [0.717, 1.165) is 16.9 Å². The molecule has 0 fully saturated rings. The Morgan fingerprint density at radius 3 is 2.23 bits per heavy atom. The van der Waals surface area contributed by atoms with Gasteiger partial charge in [-0.1, -0.05) is 0 Å². The fraction of sp³-hybridized carbons (Fsp3) is 0.100. The number of anilines is 1. The number of halogens is 1. The maximum Gasteiger partial charge on any atom is 0.309 e. The smallest absolute Gasteiger partial charge is 0.309 e. The first kappa shape index (κ1) is 17.4. The minimum absolute atomic E-state index is 0.144. The van der Waals surface area contributed by atoms with Gasteiger partial charge in [-0.2, -0.15) is 0 Å². The van der Waals surface area contributed by atoms with E-state index in [1.165, 1.54) is 19.1 Å². The van der Waals surface area contributed by atoms with E-state index in [1.807, 2.05) is 10.6 Å². The van der Waals surface area contributed by atoms with Crippen LogP contribution >= 0.6 is 0 Å². The van der Waals surface area contributed by atoms with Gasteiger partial charge in [-0.05, 0) is 66.2 Å². The highest BCUT2D eigenvalue weighted by Crippen LogP contribution is 2.28. The van der Waals surface area contributed by atoms with Crippen molar-refractivity contribution < 1.29 is 19.1 Å². The number of nitrogens with one attached hydrogen (secondary N) is 1. The van der Waals surface area contributed by atoms with Crippen LogP contribution in [0.2, 0.25) is 0 Å². The van der Waals surface area contributed by atoms with Gasteiger partial charge in [0.15, 0.2) is 0 Å². The lowest BCUT2D eigenvalue weighted by molar-refractivity contribution is -0.136. The topological polar surface area (TPSA) is 71.3 Å². The number of carboxylic acid groups (broad SMARTS) is 1. The molecule has 0 unspecified atom stereocenters. The van der Waals surface area contributed by atoms with Crippen molar-refractivity contribution in [3.63, 3.8) is 0 Å². The molecule has 26 heavy (non-hydrogen) atoms. The van der Waals surface area contributed by atoms with Crippen LogP contribution in [0.25, 0.3) is 16.9 Å². The van der Waals surface area contributed by atoms with E-state index in [-0.39, 0.29) is 18.1 Å². The van der Waals surface area contributed by atoms with Crippen molar-refractivity contribution in [3.05, 3.63) is 72.2 Å². The molecule has 0 saturated carbocycles. The summed E-state index contributed by atoms with van der Waals surface area (Å²) < 4.78 is 15.1. The van der Waals surface area contributed by atoms with Gasteiger partial charge in [0, 0.05) is 24.0 Å². The first-order valence-electron chi connectivity index (χ1n) is 8.00. The van der Waals surface area contributed by atoms with Crippen molar-refractivity contribution in [3.8, 4) is 16.9 Å². The minimum Gasteiger partial charge on any atom is -0.481 e. The first-order chi connectivity index (χ1) is 12.4. The van der Waals surface area contributed by atoms with Crippen LogP contribution in [0.1, 0.15) is 12.6 Å². The Hall–Kier alpha value is -3.41. The van der Waals surface area contributed by atoms with Crippen LogP contribution in [0.5, 0.6) is 0 Å². The van der Waals surface area contributed by atoms with Crippen molar-refractivity contribution in [2.45, 2.75) is 13.3 Å². The molecule has 1 heterocycles. The molecule has 3 rings (SSSR count). The molecule has 6 heteroatoms. The van der Waals surface area contributed by atoms with Crippen LogP contribution < -0.4 is 5.32 Å². The van der Waals surface area contributed by atoms with E-state index in [0.29, 0.717) is 11.4 Å². The number of hydrogen-bond acceptors (Lipinski definition) is 2. The van der Waals surface area contributed by atoms with Crippen molar-refractivity contribution in [2.75, 3.05) is 5.32 Å². The number of amides is 1. The van der Waals surface area contributed by atoms with Crippen LogP contribution in [-0.4, -0.2) is 21.6 Å². The van der Waals surface area contributed by atoms with Gasteiger partial charge in [-0.3, -0.25) is 9.59 Å². The molecule has 0 saturated heterocycles. The molecular weight excluding hydrogens is 335 g/mol. The van der Waals surface area contributed by atoms with E-state index >= 15 is 0 Å². The van der Waals surface area contributed by atoms with Crippen molar-refractivity contribution in [2.24, 2.45) is 0 Å². The Bertz CT molecular complexity index is 944. The molecule has 2 N–H and O–H groups in total. The van der Waals surface area contributed by atoms with Crippen LogP contribution in [0.15, 0.2) is 60.7 Å². The summed E-state index contributed by atoms with van der Waals surface area (Å²) in [6.45, 7) is 1.43. The third kappa shape index (κ3) is 3.80. The summed E-state index contributed by atoms with van der Waals surface area (Å²) in [5.74, 6) is -1.44. The van der Waals surface area contributed by atoms with E-state index in [2.05, 4.69) is 5.32 Å². The van der Waals surface area contributed by atoms with Gasteiger partial charge >= 0.3 is 5.97 Å². The third-order valence-corrected chi connectivity index (χ3v) is 3.88. The molecule has 2 aromatic carbocycles. The summed E-state index contributed by atoms with van der Waals surface area (Å²) in [5, 5.41) is 11.9. The number of carboxylic acids is 1. The highest BCUT2D eigenvalue weighted by Gasteiger charge is 2.14. The van der Waals surface area contributed by atoms with Gasteiger partial charge in [-0.25, -0.2) is 4.39 Å². The van der Waals surface area contributed by atoms with Crippen LogP contribution in [0.4, 0.5) is 10.1 Å². The maximum absolute atomic E-state index is 13.2. The first-order valence-corrected chi connectivity index (χ1v) is 8.00. The van der Waals surface area contributed by atoms with Crippen molar-refractivity contribution in [1.29, 1.82) is 0 Å². The largest absolute Gasteiger partial charge is 0.481 e. The lowest BCUT2D eigenvalue weighted by Crippen LogP contribution is -2.09. The average Bonchev–Trinajstić information content (AvgIpc) is 2.98. The summed E-state index contributed by atoms with van der Waals surface area (Å²) in [5.41, 5.74) is 3.53. The van der Waals surface area contributed by atoms with Gasteiger partial charge in [-0.15, -0.1) is 0 Å². The van der Waals surface area contributed by atoms with Gasteiger partial charge in [0.25, 0.3) is 0 Å². The predicted octanol–water partition coefficient (Wildman–Crippen LogP) is 3.87. The summed E-state index contributed by atoms with van der Waals surface area (Å²) in [7, 11) is 0. The van der Waals surface area contributed by atoms with Gasteiger partial charge < -0.3 is 15.0 Å². The number of rotatable bonds is 5. The molecule has 0 bridgehead atoms. The molecule has 0 aliphatic heterocycles. The van der Waals surface area contributed by atoms with Gasteiger partial charge in [0.1, 0.15) is 5.82 Å². The number of hydrogen-bond donors (Lipinski definition) is 2. The van der Waals surface area contributed by atoms with E-state index in [4.69, 9.17) is 0 Å². The van der Waals surface area contributed by atoms with Crippen LogP contribution in [0.3, 0.4) is 0 Å². The average molecular weight is 352 g/mol. The highest BCUT2D eigenvalue weighted by atomic mass is 19.1. The van der Waals surface area contributed by atoms with Crippen molar-refractivity contribution >= 4 is 17.6 Å². The van der Waals surface area contributed by atoms with E-state index < -0.39 is 5.97 Å². The molecule has 132 valence electrons. The Balaban J connectivity index is 2.07. The fourth-order valence-corrected chi connectivity index (χ4v) is 2.82. The summed E-state index contributed by atoms with van der Waals surface area (Å²) in [4.78, 5) is 22.4. The number of carbonyl (C=O) groups excluding carboxylic acids is 1. The lowest BCUT2D eigenvalue weighted by Gasteiger charge is -2.14. The number of carbonyl (C=O) groups is 2. The quantitative estimate of drug-likeness (QED) is 0.732. The van der Waals surface area contributed by atoms with Gasteiger partial charge in [0.05, 0.1) is 12.1 Å². The monoisotopic (exact) mass is 352 g/mol. The molecule has 0 atom stereocenters. The van der Waals surface area contributed by atoms with E-state index in [1.54, 1.807) is 42.5 Å². The Morgan fingerprint density at radius 1 is 1.00 bits per heavy atom. The Kier molecular flexibility index (Phi) is 4.84. The highest BCUT2D eigenvalue weighted by molar-refractivity contribution is 5.88. The normalized spacial score (nSPS) is 10.5. The molecule has 0 spiro atoms. The maximum atomic E-state index is 13.2. The molecule has 0 radical (unpaired) electrons. The zero-order valence-corrected chi connectivity index (χ0v) is 14.1. The molecule has 1 amide bonds. The zero-order chi connectivity index (χ0) is 18.7. The molecule has 5 nitrogen and oxygen atoms in total. The molecular formula is C20H17FN2O3. The second-order valence-corrected chi connectivity index (χ2v) is 5.85. The summed E-state index contributed by atoms with van der Waals surface area (Å²) in [6.07, 6.45) is -0.144. The minimum atomic E-state index is -0.940. The number of benzene rings is 2. The molecule has 3 aromatic rings. The second-order valence-electron chi connectivity index (χ2n) is 5.85. The Labute approximate surface area is 149 Å². The summed E-state index contributed by atoms with van der Waals surface area (Å²) in [6, 6.07) is 16.7. The lowest BCUT2D eigenvalue weighted by atomic mass is 10.1. The Morgan fingerprint density at radius 2 is 1.65 bits per heavy atom. The van der Waals surface area contributed by atoms with E-state index in [9.17, 15) is 19.1 Å².